The van der Waals surface area contributed by atoms with Crippen molar-refractivity contribution in [2.45, 2.75) is 52.5 Å². The van der Waals surface area contributed by atoms with Crippen LogP contribution in [0.4, 0.5) is 13.2 Å². The first-order valence-electron chi connectivity index (χ1n) is 7.45. The van der Waals surface area contributed by atoms with Crippen LogP contribution in [0.1, 0.15) is 47.0 Å². The molecular weight excluding hydrogens is 317 g/mol. The van der Waals surface area contributed by atoms with Gasteiger partial charge in [0.25, 0.3) is 0 Å². The Hall–Kier alpha value is -0.720. The summed E-state index contributed by atoms with van der Waals surface area (Å²) in [7, 11) is -5.59. The van der Waals surface area contributed by atoms with E-state index in [0.29, 0.717) is 12.3 Å². The summed E-state index contributed by atoms with van der Waals surface area (Å²) in [5.41, 5.74) is -6.04. The zero-order valence-electron chi connectivity index (χ0n) is 13.1. The summed E-state index contributed by atoms with van der Waals surface area (Å²) in [6, 6.07) is 0. The SMILES string of the molecule is CC1(C)C[C@H]2C=C(OS(=O)(=O)C(F)(F)F)[C@]3(C)C[C@]3(C)[C@H]2C1. The molecule has 0 N–H and O–H groups in total. The number of hydrogen-bond donors (Lipinski definition) is 0. The average molecular weight is 338 g/mol. The van der Waals surface area contributed by atoms with Crippen LogP contribution in [0.2, 0.25) is 0 Å². The van der Waals surface area contributed by atoms with Gasteiger partial charge in [-0.1, -0.05) is 27.7 Å². The van der Waals surface area contributed by atoms with Gasteiger partial charge >= 0.3 is 15.6 Å². The lowest BCUT2D eigenvalue weighted by Gasteiger charge is -2.34. The molecule has 0 unspecified atom stereocenters. The highest BCUT2D eigenvalue weighted by Crippen LogP contribution is 2.78. The molecule has 3 aliphatic rings. The van der Waals surface area contributed by atoms with Crippen LogP contribution < -0.4 is 0 Å². The molecule has 2 saturated carbocycles. The normalized spacial score (nSPS) is 43.1. The largest absolute Gasteiger partial charge is 0.534 e. The van der Waals surface area contributed by atoms with Crippen molar-refractivity contribution in [2.24, 2.45) is 28.1 Å². The predicted molar refractivity (Wildman–Crippen MR) is 75.0 cm³/mol. The van der Waals surface area contributed by atoms with E-state index in [0.717, 1.165) is 12.8 Å². The number of fused-ring (bicyclic) bond motifs is 3. The Morgan fingerprint density at radius 1 is 1.18 bits per heavy atom. The molecule has 0 aliphatic heterocycles. The van der Waals surface area contributed by atoms with E-state index in [9.17, 15) is 21.6 Å². The number of alkyl halides is 3. The van der Waals surface area contributed by atoms with Gasteiger partial charge in [-0.3, -0.25) is 0 Å². The van der Waals surface area contributed by atoms with Crippen molar-refractivity contribution in [3.05, 3.63) is 11.8 Å². The maximum atomic E-state index is 12.6. The third-order valence-corrected chi connectivity index (χ3v) is 7.11. The number of rotatable bonds is 2. The van der Waals surface area contributed by atoms with Crippen molar-refractivity contribution in [3.8, 4) is 0 Å². The lowest BCUT2D eigenvalue weighted by molar-refractivity contribution is -0.0532. The Morgan fingerprint density at radius 2 is 1.77 bits per heavy atom. The second-order valence-corrected chi connectivity index (χ2v) is 9.82. The van der Waals surface area contributed by atoms with Gasteiger partial charge in [-0.25, -0.2) is 0 Å². The zero-order chi connectivity index (χ0) is 16.8. The summed E-state index contributed by atoms with van der Waals surface area (Å²) in [4.78, 5) is 0. The summed E-state index contributed by atoms with van der Waals surface area (Å²) < 4.78 is 65.1. The van der Waals surface area contributed by atoms with Gasteiger partial charge in [0, 0.05) is 5.41 Å². The van der Waals surface area contributed by atoms with Gasteiger partial charge < -0.3 is 4.18 Å². The fourth-order valence-electron chi connectivity index (χ4n) is 4.75. The minimum atomic E-state index is -5.59. The molecule has 3 aliphatic carbocycles. The van der Waals surface area contributed by atoms with E-state index < -0.39 is 21.0 Å². The maximum absolute atomic E-state index is 12.6. The Labute approximate surface area is 129 Å². The molecule has 7 heteroatoms. The minimum absolute atomic E-state index is 0.00808. The molecule has 0 aromatic heterocycles. The third kappa shape index (κ3) is 2.03. The summed E-state index contributed by atoms with van der Waals surface area (Å²) in [5.74, 6) is 0.466. The van der Waals surface area contributed by atoms with Gasteiger partial charge in [0.1, 0.15) is 5.76 Å². The Balaban J connectivity index is 1.97. The van der Waals surface area contributed by atoms with Gasteiger partial charge in [-0.2, -0.15) is 21.6 Å². The molecule has 0 bridgehead atoms. The van der Waals surface area contributed by atoms with Gasteiger partial charge in [-0.05, 0) is 48.0 Å². The van der Waals surface area contributed by atoms with Crippen LogP contribution in [0.15, 0.2) is 11.8 Å². The van der Waals surface area contributed by atoms with Crippen LogP contribution in [0, 0.1) is 28.1 Å². The molecule has 0 aromatic rings. The fourth-order valence-corrected chi connectivity index (χ4v) is 5.32. The van der Waals surface area contributed by atoms with Crippen LogP contribution in [-0.4, -0.2) is 13.9 Å². The quantitative estimate of drug-likeness (QED) is 0.559. The van der Waals surface area contributed by atoms with Crippen LogP contribution in [-0.2, 0) is 14.3 Å². The van der Waals surface area contributed by atoms with Crippen molar-refractivity contribution in [1.29, 1.82) is 0 Å². The highest BCUT2D eigenvalue weighted by molar-refractivity contribution is 7.87. The molecule has 4 atom stereocenters. The van der Waals surface area contributed by atoms with Crippen molar-refractivity contribution in [3.63, 3.8) is 0 Å². The number of hydrogen-bond acceptors (Lipinski definition) is 3. The van der Waals surface area contributed by atoms with Gasteiger partial charge in [0.05, 0.1) is 0 Å². The Kier molecular flexibility index (Phi) is 2.95. The molecule has 0 amide bonds. The van der Waals surface area contributed by atoms with Gasteiger partial charge in [0.15, 0.2) is 0 Å². The molecule has 0 saturated heterocycles. The van der Waals surface area contributed by atoms with Gasteiger partial charge in [0.2, 0.25) is 0 Å². The molecule has 0 aromatic carbocycles. The van der Waals surface area contributed by atoms with E-state index >= 15 is 0 Å². The first-order valence-corrected chi connectivity index (χ1v) is 8.86. The average Bonchev–Trinajstić information content (AvgIpc) is 2.72. The molecule has 22 heavy (non-hydrogen) atoms. The molecule has 3 nitrogen and oxygen atoms in total. The smallest absolute Gasteiger partial charge is 0.380 e. The number of allylic oxidation sites excluding steroid dienone is 2. The first kappa shape index (κ1) is 16.1. The van der Waals surface area contributed by atoms with Crippen LogP contribution >= 0.6 is 0 Å². The summed E-state index contributed by atoms with van der Waals surface area (Å²) >= 11 is 0. The molecule has 126 valence electrons. The van der Waals surface area contributed by atoms with Crippen molar-refractivity contribution >= 4 is 10.1 Å². The fraction of sp³-hybridized carbons (Fsp3) is 0.867. The lowest BCUT2D eigenvalue weighted by Crippen LogP contribution is -2.32. The van der Waals surface area contributed by atoms with Crippen molar-refractivity contribution < 1.29 is 25.8 Å². The second-order valence-electron chi connectivity index (χ2n) is 8.28. The van der Waals surface area contributed by atoms with E-state index in [-0.39, 0.29) is 22.5 Å². The number of halogens is 3. The molecule has 0 spiro atoms. The van der Waals surface area contributed by atoms with Crippen LogP contribution in [0.5, 0.6) is 0 Å². The van der Waals surface area contributed by atoms with E-state index in [1.807, 2.05) is 13.8 Å². The highest BCUT2D eigenvalue weighted by Gasteiger charge is 2.72. The Bertz CT molecular complexity index is 649. The molecule has 0 heterocycles. The summed E-state index contributed by atoms with van der Waals surface area (Å²) in [6.45, 7) is 8.15. The Morgan fingerprint density at radius 3 is 2.32 bits per heavy atom. The predicted octanol–water partition coefficient (Wildman–Crippen LogP) is 4.22. The second kappa shape index (κ2) is 4.02. The lowest BCUT2D eigenvalue weighted by atomic mass is 9.72. The standard InChI is InChI=1S/C15H21F3O3S/c1-12(2)6-9-5-11(21-22(19,20)15(16,17)18)14(4)8-13(14,3)10(9)7-12/h5,9-10H,6-8H2,1-4H3/t9-,10+,13-,14+/m1/s1. The molecule has 3 rings (SSSR count). The first-order chi connectivity index (χ1) is 9.72. The van der Waals surface area contributed by atoms with Gasteiger partial charge in [-0.15, -0.1) is 0 Å². The van der Waals surface area contributed by atoms with E-state index in [4.69, 9.17) is 0 Å². The maximum Gasteiger partial charge on any atom is 0.534 e. The highest BCUT2D eigenvalue weighted by atomic mass is 32.2. The van der Waals surface area contributed by atoms with Crippen molar-refractivity contribution in [2.75, 3.05) is 0 Å². The molecule has 0 radical (unpaired) electrons. The topological polar surface area (TPSA) is 43.4 Å². The van der Waals surface area contributed by atoms with Crippen molar-refractivity contribution in [1.82, 2.24) is 0 Å². The van der Waals surface area contributed by atoms with E-state index in [2.05, 4.69) is 18.0 Å². The van der Waals surface area contributed by atoms with Crippen LogP contribution in [0.25, 0.3) is 0 Å². The minimum Gasteiger partial charge on any atom is -0.380 e. The molecular formula is C15H21F3O3S. The zero-order valence-corrected chi connectivity index (χ0v) is 13.9. The van der Waals surface area contributed by atoms with Crippen LogP contribution in [0.3, 0.4) is 0 Å². The molecule has 2 fully saturated rings. The van der Waals surface area contributed by atoms with E-state index in [1.54, 1.807) is 6.08 Å². The summed E-state index contributed by atoms with van der Waals surface area (Å²) in [6.07, 6.45) is 4.19. The third-order valence-electron chi connectivity index (χ3n) is 6.14. The van der Waals surface area contributed by atoms with E-state index in [1.165, 1.54) is 0 Å². The monoisotopic (exact) mass is 338 g/mol. The summed E-state index contributed by atoms with van der Waals surface area (Å²) in [5, 5.41) is 0.